The molecule has 0 bridgehead atoms. The number of aliphatic carboxylic acids is 1. The van der Waals surface area contributed by atoms with E-state index < -0.39 is 16.3 Å². The van der Waals surface area contributed by atoms with Crippen LogP contribution in [-0.4, -0.2) is 33.1 Å². The van der Waals surface area contributed by atoms with Gasteiger partial charge in [-0.1, -0.05) is 12.1 Å². The van der Waals surface area contributed by atoms with Gasteiger partial charge in [0.05, 0.1) is 7.11 Å². The third-order valence-corrected chi connectivity index (χ3v) is 3.33. The molecule has 21 heavy (non-hydrogen) atoms. The van der Waals surface area contributed by atoms with E-state index >= 15 is 0 Å². The van der Waals surface area contributed by atoms with Gasteiger partial charge in [-0.25, -0.2) is 9.97 Å². The number of hydrogen-bond acceptors (Lipinski definition) is 5. The van der Waals surface area contributed by atoms with Crippen molar-refractivity contribution in [1.82, 2.24) is 9.97 Å². The van der Waals surface area contributed by atoms with Crippen molar-refractivity contribution in [3.63, 3.8) is 0 Å². The second-order valence-electron chi connectivity index (χ2n) is 4.53. The molecule has 8 nitrogen and oxygen atoms in total. The Bertz CT molecular complexity index is 679. The Morgan fingerprint density at radius 1 is 1.43 bits per heavy atom. The number of carboxylic acids is 1. The summed E-state index contributed by atoms with van der Waals surface area (Å²) in [5.41, 5.74) is -1.10. The zero-order chi connectivity index (χ0) is 15.6. The lowest BCUT2D eigenvalue weighted by Gasteiger charge is -2.21. The molecule has 2 rings (SSSR count). The number of nitrogens with zero attached hydrogens (tertiary/aromatic N) is 2. The number of carboxylic acid groups (broad SMARTS) is 1. The zero-order valence-electron chi connectivity index (χ0n) is 11.4. The summed E-state index contributed by atoms with van der Waals surface area (Å²) in [6.45, 7) is 1.43. The van der Waals surface area contributed by atoms with Crippen molar-refractivity contribution < 1.29 is 19.6 Å². The van der Waals surface area contributed by atoms with Crippen molar-refractivity contribution in [2.24, 2.45) is 0 Å². The van der Waals surface area contributed by atoms with Crippen LogP contribution in [0.4, 0.5) is 5.82 Å². The van der Waals surface area contributed by atoms with Crippen molar-refractivity contribution in [2.45, 2.75) is 12.3 Å². The van der Waals surface area contributed by atoms with Crippen LogP contribution in [0.25, 0.3) is 0 Å². The van der Waals surface area contributed by atoms with Gasteiger partial charge in [-0.2, -0.15) is 0 Å². The number of H-pyrrole nitrogens is 1. The molecule has 0 spiro atoms. The maximum Gasteiger partial charge on any atom is 0.340 e. The van der Waals surface area contributed by atoms with Gasteiger partial charge in [-0.3, -0.25) is 4.79 Å². The molecule has 2 N–H and O–H groups in total. The molecule has 0 fully saturated rings. The van der Waals surface area contributed by atoms with E-state index in [0.29, 0.717) is 11.3 Å². The summed E-state index contributed by atoms with van der Waals surface area (Å²) < 4.78 is 5.02. The summed E-state index contributed by atoms with van der Waals surface area (Å²) in [7, 11) is 1.50. The van der Waals surface area contributed by atoms with Crippen LogP contribution >= 0.6 is 0 Å². The molecule has 2 aromatic rings. The highest BCUT2D eigenvalue weighted by atomic mass is 16.6. The molecule has 0 aliphatic rings. The number of carbonyl (C=O) groups is 1. The van der Waals surface area contributed by atoms with Crippen molar-refractivity contribution in [3.8, 4) is 5.75 Å². The smallest absolute Gasteiger partial charge is 0.340 e. The molecule has 0 saturated carbocycles. The average molecular weight is 291 g/mol. The molecular formula is C13H13N3O5. The first kappa shape index (κ1) is 14.5. The number of aromatic amines is 1. The topological polar surface area (TPSA) is 118 Å². The van der Waals surface area contributed by atoms with E-state index in [0.717, 1.165) is 6.20 Å². The Morgan fingerprint density at radius 2 is 2.05 bits per heavy atom. The van der Waals surface area contributed by atoms with Crippen molar-refractivity contribution in [1.29, 1.82) is 0 Å². The Hall–Kier alpha value is -2.90. The van der Waals surface area contributed by atoms with E-state index in [-0.39, 0.29) is 11.6 Å². The first-order valence-electron chi connectivity index (χ1n) is 5.97. The molecule has 110 valence electrons. The van der Waals surface area contributed by atoms with E-state index in [2.05, 4.69) is 9.97 Å². The van der Waals surface area contributed by atoms with Crippen molar-refractivity contribution in [2.75, 3.05) is 7.11 Å². The highest BCUT2D eigenvalue weighted by Crippen LogP contribution is 2.32. The third-order valence-electron chi connectivity index (χ3n) is 3.33. The average Bonchev–Trinajstić information content (AvgIpc) is 2.96. The highest BCUT2D eigenvalue weighted by molar-refractivity contribution is 5.84. The van der Waals surface area contributed by atoms with Crippen LogP contribution in [0.5, 0.6) is 5.75 Å². The molecule has 0 radical (unpaired) electrons. The highest BCUT2D eigenvalue weighted by Gasteiger charge is 2.43. The molecule has 0 aliphatic heterocycles. The minimum Gasteiger partial charge on any atom is -0.497 e. The normalized spacial score (nSPS) is 13.4. The molecule has 1 unspecified atom stereocenters. The fraction of sp³-hybridized carbons (Fsp3) is 0.231. The second-order valence-corrected chi connectivity index (χ2v) is 4.53. The molecular weight excluding hydrogens is 278 g/mol. The summed E-state index contributed by atoms with van der Waals surface area (Å²) in [6, 6.07) is 6.41. The fourth-order valence-corrected chi connectivity index (χ4v) is 1.94. The van der Waals surface area contributed by atoms with Crippen LogP contribution in [0.3, 0.4) is 0 Å². The summed E-state index contributed by atoms with van der Waals surface area (Å²) in [4.78, 5) is 28.0. The number of methoxy groups -OCH3 is 1. The summed E-state index contributed by atoms with van der Waals surface area (Å²) in [5, 5.41) is 20.3. The lowest BCUT2D eigenvalue weighted by Crippen LogP contribution is -2.35. The number of rotatable bonds is 5. The summed E-state index contributed by atoms with van der Waals surface area (Å²) in [6.07, 6.45) is 1.00. The van der Waals surface area contributed by atoms with Gasteiger partial charge in [0.15, 0.2) is 5.41 Å². The summed E-state index contributed by atoms with van der Waals surface area (Å²) in [5.74, 6) is -0.952. The van der Waals surface area contributed by atoms with E-state index in [1.54, 1.807) is 24.3 Å². The van der Waals surface area contributed by atoms with Crippen LogP contribution in [0.15, 0.2) is 30.5 Å². The van der Waals surface area contributed by atoms with Crippen LogP contribution in [0, 0.1) is 10.1 Å². The maximum absolute atomic E-state index is 11.7. The fourth-order valence-electron chi connectivity index (χ4n) is 1.94. The molecule has 1 heterocycles. The first-order chi connectivity index (χ1) is 9.89. The first-order valence-corrected chi connectivity index (χ1v) is 5.97. The molecule has 0 amide bonds. The monoisotopic (exact) mass is 291 g/mol. The standard InChI is InChI=1S/C13H13N3O5/c1-13(12(17)18,8-3-5-9(21-2)6-4-8)11-14-7-10(15-11)16(19)20/h3-7H,1-2H3,(H,14,15)(H,17,18). The Balaban J connectivity index is 2.52. The van der Waals surface area contributed by atoms with Crippen LogP contribution in [-0.2, 0) is 10.2 Å². The Labute approximate surface area is 119 Å². The molecule has 1 aromatic heterocycles. The predicted molar refractivity (Wildman–Crippen MR) is 72.3 cm³/mol. The van der Waals surface area contributed by atoms with E-state index in [4.69, 9.17) is 4.74 Å². The third kappa shape index (κ3) is 2.42. The van der Waals surface area contributed by atoms with Gasteiger partial charge < -0.3 is 20.0 Å². The van der Waals surface area contributed by atoms with Crippen molar-refractivity contribution >= 4 is 11.8 Å². The van der Waals surface area contributed by atoms with E-state index in [1.807, 2.05) is 0 Å². The second kappa shape index (κ2) is 5.23. The lowest BCUT2D eigenvalue weighted by atomic mass is 9.81. The number of ether oxygens (including phenoxy) is 1. The molecule has 8 heteroatoms. The van der Waals surface area contributed by atoms with Gasteiger partial charge >= 0.3 is 11.8 Å². The van der Waals surface area contributed by atoms with Gasteiger partial charge in [0.25, 0.3) is 0 Å². The predicted octanol–water partition coefficient (Wildman–Crippen LogP) is 1.72. The van der Waals surface area contributed by atoms with Gasteiger partial charge in [0.2, 0.25) is 5.82 Å². The van der Waals surface area contributed by atoms with Gasteiger partial charge in [0.1, 0.15) is 11.9 Å². The van der Waals surface area contributed by atoms with Crippen molar-refractivity contribution in [3.05, 3.63) is 52.0 Å². The van der Waals surface area contributed by atoms with Crippen LogP contribution in [0.2, 0.25) is 0 Å². The zero-order valence-corrected chi connectivity index (χ0v) is 11.4. The largest absolute Gasteiger partial charge is 0.497 e. The Morgan fingerprint density at radius 3 is 2.48 bits per heavy atom. The van der Waals surface area contributed by atoms with E-state index in [1.165, 1.54) is 14.0 Å². The number of aromatic nitrogens is 2. The molecule has 0 saturated heterocycles. The molecule has 0 aliphatic carbocycles. The number of hydrogen-bond donors (Lipinski definition) is 2. The summed E-state index contributed by atoms with van der Waals surface area (Å²) >= 11 is 0. The van der Waals surface area contributed by atoms with E-state index in [9.17, 15) is 20.0 Å². The van der Waals surface area contributed by atoms with Crippen LogP contribution in [0.1, 0.15) is 18.3 Å². The Kier molecular flexibility index (Phi) is 3.62. The molecule has 1 aromatic carbocycles. The minimum absolute atomic E-state index is 0.00753. The van der Waals surface area contributed by atoms with Gasteiger partial charge in [0, 0.05) is 0 Å². The van der Waals surface area contributed by atoms with Gasteiger partial charge in [-0.05, 0) is 29.5 Å². The lowest BCUT2D eigenvalue weighted by molar-refractivity contribution is -0.389. The maximum atomic E-state index is 11.7. The van der Waals surface area contributed by atoms with Gasteiger partial charge in [-0.15, -0.1) is 0 Å². The number of nitro groups is 1. The number of benzene rings is 1. The van der Waals surface area contributed by atoms with Crippen LogP contribution < -0.4 is 4.74 Å². The molecule has 1 atom stereocenters. The number of nitrogens with one attached hydrogen (secondary N) is 1. The minimum atomic E-state index is -1.53. The number of imidazole rings is 1. The SMILES string of the molecule is COc1ccc(C(C)(C(=O)O)c2ncc([N+](=O)[O-])[nH]2)cc1. The quantitative estimate of drug-likeness (QED) is 0.639.